The number of carbonyl (C=O) groups is 2. The van der Waals surface area contributed by atoms with E-state index in [1.807, 2.05) is 61.6 Å². The van der Waals surface area contributed by atoms with Crippen LogP contribution in [0.1, 0.15) is 52.0 Å². The number of benzene rings is 1. The van der Waals surface area contributed by atoms with E-state index in [1.165, 1.54) is 0 Å². The summed E-state index contributed by atoms with van der Waals surface area (Å²) < 4.78 is 5.78. The molecule has 1 aromatic rings. The van der Waals surface area contributed by atoms with Gasteiger partial charge in [0.1, 0.15) is 12.6 Å². The number of allylic oxidation sites excluding steroid dienone is 6. The van der Waals surface area contributed by atoms with E-state index in [0.29, 0.717) is 19.4 Å². The van der Waals surface area contributed by atoms with Gasteiger partial charge in [-0.25, -0.2) is 0 Å². The fourth-order valence-corrected chi connectivity index (χ4v) is 4.42. The van der Waals surface area contributed by atoms with Crippen LogP contribution in [0.25, 0.3) is 0 Å². The van der Waals surface area contributed by atoms with Crippen LogP contribution in [-0.2, 0) is 20.9 Å². The van der Waals surface area contributed by atoms with Gasteiger partial charge in [-0.1, -0.05) is 86.7 Å². The lowest BCUT2D eigenvalue weighted by atomic mass is 9.90. The molecule has 0 saturated carbocycles. The number of rotatable bonds is 11. The highest BCUT2D eigenvalue weighted by molar-refractivity contribution is 5.88. The first kappa shape index (κ1) is 24.9. The zero-order chi connectivity index (χ0) is 23.6. The van der Waals surface area contributed by atoms with Crippen LogP contribution in [0.4, 0.5) is 0 Å². The van der Waals surface area contributed by atoms with Crippen molar-refractivity contribution < 1.29 is 14.3 Å². The van der Waals surface area contributed by atoms with Crippen molar-refractivity contribution in [3.63, 3.8) is 0 Å². The lowest BCUT2D eigenvalue weighted by Gasteiger charge is -2.37. The van der Waals surface area contributed by atoms with Crippen molar-refractivity contribution in [2.24, 2.45) is 11.8 Å². The molecule has 33 heavy (non-hydrogen) atoms. The molecule has 4 heteroatoms. The minimum absolute atomic E-state index is 0.150. The number of hydrogen-bond donors (Lipinski definition) is 0. The van der Waals surface area contributed by atoms with Crippen LogP contribution >= 0.6 is 0 Å². The Bertz CT molecular complexity index is 910. The highest BCUT2D eigenvalue weighted by Crippen LogP contribution is 2.24. The van der Waals surface area contributed by atoms with Gasteiger partial charge in [-0.2, -0.15) is 0 Å². The van der Waals surface area contributed by atoms with Crippen molar-refractivity contribution in [2.75, 3.05) is 6.54 Å². The predicted molar refractivity (Wildman–Crippen MR) is 134 cm³/mol. The molecule has 0 radical (unpaired) electrons. The van der Waals surface area contributed by atoms with Gasteiger partial charge in [0.25, 0.3) is 0 Å². The van der Waals surface area contributed by atoms with E-state index in [0.717, 1.165) is 24.0 Å². The van der Waals surface area contributed by atoms with Crippen molar-refractivity contribution in [3.05, 3.63) is 84.0 Å². The van der Waals surface area contributed by atoms with Gasteiger partial charge in [-0.15, -0.1) is 0 Å². The standard InChI is InChI=1S/C29H37NO3/c1-22(2)19-27(29(32)33-21-25-15-9-5-10-16-25)30(20-24-13-7-4-8-14-24)23(3)28(31)26-17-11-6-12-18-26/h5-7,9-17,22-23,26-27H,4,8,18-21H2,1-3H3/t23?,26?,27-/m1/s1. The Kier molecular flexibility index (Phi) is 9.44. The molecule has 0 aromatic heterocycles. The molecular weight excluding hydrogens is 410 g/mol. The number of ether oxygens (including phenoxy) is 1. The van der Waals surface area contributed by atoms with Crippen molar-refractivity contribution in [1.82, 2.24) is 4.90 Å². The van der Waals surface area contributed by atoms with Crippen LogP contribution in [0.2, 0.25) is 0 Å². The molecule has 2 unspecified atom stereocenters. The highest BCUT2D eigenvalue weighted by Gasteiger charge is 2.36. The third-order valence-corrected chi connectivity index (χ3v) is 6.28. The fraction of sp³-hybridized carbons (Fsp3) is 0.448. The molecule has 0 heterocycles. The molecule has 0 N–H and O–H groups in total. The predicted octanol–water partition coefficient (Wildman–Crippen LogP) is 5.81. The summed E-state index contributed by atoms with van der Waals surface area (Å²) in [5.74, 6) is 0.0353. The van der Waals surface area contributed by atoms with Crippen LogP contribution in [0, 0.1) is 11.8 Å². The molecule has 4 nitrogen and oxygen atoms in total. The zero-order valence-corrected chi connectivity index (χ0v) is 20.2. The van der Waals surface area contributed by atoms with Crippen LogP contribution in [-0.4, -0.2) is 35.3 Å². The van der Waals surface area contributed by atoms with Crippen LogP contribution < -0.4 is 0 Å². The largest absolute Gasteiger partial charge is 0.460 e. The van der Waals surface area contributed by atoms with E-state index in [-0.39, 0.29) is 30.2 Å². The van der Waals surface area contributed by atoms with E-state index in [1.54, 1.807) is 0 Å². The normalized spacial score (nSPS) is 19.4. The van der Waals surface area contributed by atoms with Crippen LogP contribution in [0.5, 0.6) is 0 Å². The summed E-state index contributed by atoms with van der Waals surface area (Å²) in [7, 11) is 0. The summed E-state index contributed by atoms with van der Waals surface area (Å²) in [6, 6.07) is 8.86. The average Bonchev–Trinajstić information content (AvgIpc) is 2.85. The molecule has 0 fully saturated rings. The summed E-state index contributed by atoms with van der Waals surface area (Å²) >= 11 is 0. The fourth-order valence-electron chi connectivity index (χ4n) is 4.42. The monoisotopic (exact) mass is 447 g/mol. The van der Waals surface area contributed by atoms with E-state index >= 15 is 0 Å². The maximum absolute atomic E-state index is 13.5. The lowest BCUT2D eigenvalue weighted by molar-refractivity contribution is -0.153. The van der Waals surface area contributed by atoms with Gasteiger partial charge in [0, 0.05) is 12.5 Å². The summed E-state index contributed by atoms with van der Waals surface area (Å²) in [4.78, 5) is 28.9. The molecule has 0 amide bonds. The third-order valence-electron chi connectivity index (χ3n) is 6.28. The number of carbonyl (C=O) groups excluding carboxylic acids is 2. The quantitative estimate of drug-likeness (QED) is 0.402. The van der Waals surface area contributed by atoms with Gasteiger partial charge in [0.15, 0.2) is 5.78 Å². The van der Waals surface area contributed by atoms with Gasteiger partial charge in [-0.3, -0.25) is 14.5 Å². The zero-order valence-electron chi connectivity index (χ0n) is 20.2. The smallest absolute Gasteiger partial charge is 0.323 e. The van der Waals surface area contributed by atoms with Crippen molar-refractivity contribution in [2.45, 2.75) is 65.1 Å². The minimum atomic E-state index is -0.480. The van der Waals surface area contributed by atoms with Gasteiger partial charge < -0.3 is 4.74 Å². The molecule has 2 aliphatic rings. The van der Waals surface area contributed by atoms with E-state index in [2.05, 4.69) is 37.0 Å². The average molecular weight is 448 g/mol. The number of ketones is 1. The van der Waals surface area contributed by atoms with Crippen molar-refractivity contribution in [3.8, 4) is 0 Å². The minimum Gasteiger partial charge on any atom is -0.460 e. The second kappa shape index (κ2) is 12.5. The van der Waals surface area contributed by atoms with Crippen molar-refractivity contribution in [1.29, 1.82) is 0 Å². The van der Waals surface area contributed by atoms with Crippen LogP contribution in [0.15, 0.2) is 78.4 Å². The molecule has 0 saturated heterocycles. The molecule has 3 atom stereocenters. The highest BCUT2D eigenvalue weighted by atomic mass is 16.5. The summed E-state index contributed by atoms with van der Waals surface area (Å²) in [5.41, 5.74) is 2.12. The first-order valence-corrected chi connectivity index (χ1v) is 12.1. The topological polar surface area (TPSA) is 46.6 Å². The molecule has 1 aromatic carbocycles. The summed E-state index contributed by atoms with van der Waals surface area (Å²) in [6.45, 7) is 6.96. The molecule has 176 valence electrons. The first-order valence-electron chi connectivity index (χ1n) is 12.1. The van der Waals surface area contributed by atoms with Gasteiger partial charge in [0.05, 0.1) is 6.04 Å². The molecule has 0 aliphatic heterocycles. The van der Waals surface area contributed by atoms with Gasteiger partial charge in [0.2, 0.25) is 0 Å². The lowest BCUT2D eigenvalue weighted by Crippen LogP contribution is -2.52. The molecule has 0 bridgehead atoms. The maximum atomic E-state index is 13.5. The number of esters is 1. The Balaban J connectivity index is 1.83. The summed E-state index contributed by atoms with van der Waals surface area (Å²) in [6.07, 6.45) is 17.8. The third kappa shape index (κ3) is 7.40. The van der Waals surface area contributed by atoms with E-state index < -0.39 is 12.1 Å². The molecule has 0 spiro atoms. The van der Waals surface area contributed by atoms with Gasteiger partial charge in [-0.05, 0) is 49.7 Å². The molecular formula is C29H37NO3. The Morgan fingerprint density at radius 1 is 1.06 bits per heavy atom. The van der Waals surface area contributed by atoms with E-state index in [4.69, 9.17) is 4.74 Å². The molecule has 2 aliphatic carbocycles. The Morgan fingerprint density at radius 2 is 1.85 bits per heavy atom. The second-order valence-corrected chi connectivity index (χ2v) is 9.40. The second-order valence-electron chi connectivity index (χ2n) is 9.40. The first-order chi connectivity index (χ1) is 16.0. The molecule has 3 rings (SSSR count). The SMILES string of the molecule is CC(C)C[C@H](C(=O)OCc1ccccc1)N(CC1=CCCC=C1)C(C)C(=O)C1C=CC=CC1. The number of Topliss-reactive ketones (excluding diaryl/α,β-unsaturated/α-hetero) is 1. The number of hydrogen-bond acceptors (Lipinski definition) is 4. The summed E-state index contributed by atoms with van der Waals surface area (Å²) in [5, 5.41) is 0. The van der Waals surface area contributed by atoms with Crippen molar-refractivity contribution >= 4 is 11.8 Å². The van der Waals surface area contributed by atoms with Crippen LogP contribution in [0.3, 0.4) is 0 Å². The Hall–Kier alpha value is -2.72. The number of nitrogens with zero attached hydrogens (tertiary/aromatic N) is 1. The van der Waals surface area contributed by atoms with Gasteiger partial charge >= 0.3 is 5.97 Å². The van der Waals surface area contributed by atoms with E-state index in [9.17, 15) is 9.59 Å². The Morgan fingerprint density at radius 3 is 2.48 bits per heavy atom. The Labute approximate surface area is 198 Å². The maximum Gasteiger partial charge on any atom is 0.323 e.